The maximum absolute atomic E-state index is 11.7. The van der Waals surface area contributed by atoms with E-state index in [1.807, 2.05) is 19.9 Å². The Balaban J connectivity index is 2.30. The fraction of sp³-hybridized carbons (Fsp3) is 0.700. The van der Waals surface area contributed by atoms with Crippen molar-refractivity contribution >= 4 is 5.78 Å². The number of aliphatic hydroxyl groups is 1. The van der Waals surface area contributed by atoms with E-state index in [2.05, 4.69) is 0 Å². The van der Waals surface area contributed by atoms with Crippen molar-refractivity contribution in [2.75, 3.05) is 6.61 Å². The first kappa shape index (κ1) is 8.91. The summed E-state index contributed by atoms with van der Waals surface area (Å²) in [6.45, 7) is 3.76. The number of hydrogen-bond acceptors (Lipinski definition) is 3. The third kappa shape index (κ3) is 1.15. The number of aliphatic hydroxyl groups excluding tert-OH is 1. The van der Waals surface area contributed by atoms with E-state index in [9.17, 15) is 4.79 Å². The number of carbonyl (C=O) groups is 1. The largest absolute Gasteiger partial charge is 0.392 e. The third-order valence-corrected chi connectivity index (χ3v) is 3.07. The van der Waals surface area contributed by atoms with Gasteiger partial charge in [0.15, 0.2) is 0 Å². The molecular formula is C10H14O3. The minimum atomic E-state index is -0.168. The van der Waals surface area contributed by atoms with Gasteiger partial charge in [-0.05, 0) is 5.57 Å². The van der Waals surface area contributed by atoms with Gasteiger partial charge in [-0.25, -0.2) is 0 Å². The van der Waals surface area contributed by atoms with Crippen LogP contribution in [0.2, 0.25) is 0 Å². The van der Waals surface area contributed by atoms with E-state index in [-0.39, 0.29) is 36.4 Å². The number of fused-ring (bicyclic) bond motifs is 2. The predicted molar refractivity (Wildman–Crippen MR) is 47.2 cm³/mol. The fourth-order valence-electron chi connectivity index (χ4n) is 2.17. The van der Waals surface area contributed by atoms with E-state index in [1.54, 1.807) is 0 Å². The van der Waals surface area contributed by atoms with Crippen molar-refractivity contribution < 1.29 is 14.6 Å². The molecule has 0 saturated carbocycles. The van der Waals surface area contributed by atoms with Crippen LogP contribution >= 0.6 is 0 Å². The van der Waals surface area contributed by atoms with Gasteiger partial charge in [0.2, 0.25) is 0 Å². The summed E-state index contributed by atoms with van der Waals surface area (Å²) in [5.41, 5.74) is 0.871. The van der Waals surface area contributed by atoms with Crippen molar-refractivity contribution in [1.82, 2.24) is 0 Å². The predicted octanol–water partition coefficient (Wildman–Crippen LogP) is 0.527. The molecule has 0 aromatic heterocycles. The summed E-state index contributed by atoms with van der Waals surface area (Å²) in [4.78, 5) is 11.7. The Bertz CT molecular complexity index is 269. The lowest BCUT2D eigenvalue weighted by Gasteiger charge is -2.31. The lowest BCUT2D eigenvalue weighted by Crippen LogP contribution is -2.42. The van der Waals surface area contributed by atoms with E-state index in [0.29, 0.717) is 0 Å². The van der Waals surface area contributed by atoms with E-state index in [1.165, 1.54) is 0 Å². The second-order valence-electron chi connectivity index (χ2n) is 3.90. The van der Waals surface area contributed by atoms with Crippen LogP contribution in [0.25, 0.3) is 0 Å². The van der Waals surface area contributed by atoms with Gasteiger partial charge in [0.05, 0.1) is 18.8 Å². The summed E-state index contributed by atoms with van der Waals surface area (Å²) < 4.78 is 5.62. The zero-order chi connectivity index (χ0) is 9.59. The maximum atomic E-state index is 11.7. The van der Waals surface area contributed by atoms with Crippen LogP contribution in [0.4, 0.5) is 0 Å². The molecule has 0 unspecified atom stereocenters. The lowest BCUT2D eigenvalue weighted by atomic mass is 9.87. The molecule has 1 saturated heterocycles. The first-order chi connectivity index (χ1) is 6.15. The third-order valence-electron chi connectivity index (χ3n) is 3.07. The zero-order valence-electron chi connectivity index (χ0n) is 7.86. The average molecular weight is 182 g/mol. The van der Waals surface area contributed by atoms with Crippen LogP contribution in [0.5, 0.6) is 0 Å². The Labute approximate surface area is 77.4 Å². The quantitative estimate of drug-likeness (QED) is 0.602. The molecule has 0 aromatic rings. The molecule has 2 aliphatic rings. The molecule has 1 fully saturated rings. The van der Waals surface area contributed by atoms with Crippen LogP contribution in [0.3, 0.4) is 0 Å². The highest BCUT2D eigenvalue weighted by Crippen LogP contribution is 2.36. The van der Waals surface area contributed by atoms with Crippen LogP contribution < -0.4 is 0 Å². The van der Waals surface area contributed by atoms with Gasteiger partial charge in [-0.1, -0.05) is 19.9 Å². The zero-order valence-corrected chi connectivity index (χ0v) is 7.86. The Hall–Kier alpha value is -0.670. The van der Waals surface area contributed by atoms with Crippen molar-refractivity contribution in [1.29, 1.82) is 0 Å². The topological polar surface area (TPSA) is 46.5 Å². The van der Waals surface area contributed by atoms with Gasteiger partial charge in [0, 0.05) is 11.8 Å². The van der Waals surface area contributed by atoms with Crippen LogP contribution in [-0.2, 0) is 9.53 Å². The molecule has 4 atom stereocenters. The number of carbonyl (C=O) groups excluding carboxylic acids is 1. The van der Waals surface area contributed by atoms with Crippen molar-refractivity contribution in [3.8, 4) is 0 Å². The van der Waals surface area contributed by atoms with Gasteiger partial charge in [0.25, 0.3) is 0 Å². The minimum Gasteiger partial charge on any atom is -0.392 e. The molecule has 0 amide bonds. The summed E-state index contributed by atoms with van der Waals surface area (Å²) in [7, 11) is 0. The highest BCUT2D eigenvalue weighted by Gasteiger charge is 2.44. The average Bonchev–Trinajstić information content (AvgIpc) is 2.53. The van der Waals surface area contributed by atoms with Crippen molar-refractivity contribution in [3.63, 3.8) is 0 Å². The molecule has 2 rings (SSSR count). The summed E-state index contributed by atoms with van der Waals surface area (Å²) in [6.07, 6.45) is 1.63. The van der Waals surface area contributed by atoms with Gasteiger partial charge in [-0.3, -0.25) is 4.79 Å². The normalized spacial score (nSPS) is 43.6. The van der Waals surface area contributed by atoms with Gasteiger partial charge in [0.1, 0.15) is 5.78 Å². The summed E-state index contributed by atoms with van der Waals surface area (Å²) in [5, 5.41) is 9.04. The van der Waals surface area contributed by atoms with Gasteiger partial charge in [-0.2, -0.15) is 0 Å². The van der Waals surface area contributed by atoms with Crippen molar-refractivity contribution in [2.45, 2.75) is 26.1 Å². The molecule has 2 heterocycles. The van der Waals surface area contributed by atoms with E-state index < -0.39 is 0 Å². The molecule has 0 spiro atoms. The fourth-order valence-corrected chi connectivity index (χ4v) is 2.17. The first-order valence-corrected chi connectivity index (χ1v) is 4.65. The molecule has 13 heavy (non-hydrogen) atoms. The second-order valence-corrected chi connectivity index (χ2v) is 3.90. The number of ketones is 1. The van der Waals surface area contributed by atoms with Gasteiger partial charge >= 0.3 is 0 Å². The molecule has 2 bridgehead atoms. The second kappa shape index (κ2) is 2.93. The molecule has 3 nitrogen and oxygen atoms in total. The maximum Gasteiger partial charge on any atom is 0.144 e. The first-order valence-electron chi connectivity index (χ1n) is 4.65. The molecular weight excluding hydrogens is 168 g/mol. The van der Waals surface area contributed by atoms with E-state index in [0.717, 1.165) is 5.57 Å². The molecule has 0 aliphatic carbocycles. The molecule has 0 aromatic carbocycles. The molecule has 3 heteroatoms. The van der Waals surface area contributed by atoms with Crippen LogP contribution in [-0.4, -0.2) is 29.7 Å². The standard InChI is InChI=1S/C10H14O3/c1-5-8-3-7(4-11)10(13-8)6(2)9(5)12/h3,5-6,8,10-11H,4H2,1-2H3/t5-,6-,8+,10+/m0/s1. The van der Waals surface area contributed by atoms with Crippen LogP contribution in [0.1, 0.15) is 13.8 Å². The van der Waals surface area contributed by atoms with E-state index in [4.69, 9.17) is 9.84 Å². The van der Waals surface area contributed by atoms with E-state index >= 15 is 0 Å². The number of hydrogen-bond donors (Lipinski definition) is 1. The number of Topliss-reactive ketones (excluding diaryl/α,β-unsaturated/α-hetero) is 1. The van der Waals surface area contributed by atoms with Gasteiger partial charge in [-0.15, -0.1) is 0 Å². The Morgan fingerprint density at radius 1 is 1.46 bits per heavy atom. The Kier molecular flexibility index (Phi) is 2.00. The summed E-state index contributed by atoms with van der Waals surface area (Å²) in [6, 6.07) is 0. The Morgan fingerprint density at radius 2 is 2.15 bits per heavy atom. The molecule has 0 radical (unpaired) electrons. The van der Waals surface area contributed by atoms with Gasteiger partial charge < -0.3 is 9.84 Å². The number of ether oxygens (including phenoxy) is 1. The highest BCUT2D eigenvalue weighted by molar-refractivity contribution is 5.86. The summed E-state index contributed by atoms with van der Waals surface area (Å²) >= 11 is 0. The lowest BCUT2D eigenvalue weighted by molar-refractivity contribution is -0.143. The van der Waals surface area contributed by atoms with Crippen molar-refractivity contribution in [2.24, 2.45) is 11.8 Å². The monoisotopic (exact) mass is 182 g/mol. The molecule has 72 valence electrons. The summed E-state index contributed by atoms with van der Waals surface area (Å²) in [5.74, 6) is 0.0865. The SMILES string of the molecule is C[C@@H]1C(=O)[C@H](C)[C@H]2O[C@@H]1C=C2CO. The van der Waals surface area contributed by atoms with Crippen molar-refractivity contribution in [3.05, 3.63) is 11.6 Å². The number of rotatable bonds is 1. The minimum absolute atomic E-state index is 0.00546. The smallest absolute Gasteiger partial charge is 0.144 e. The highest BCUT2D eigenvalue weighted by atomic mass is 16.5. The Morgan fingerprint density at radius 3 is 2.77 bits per heavy atom. The van der Waals surface area contributed by atoms with Crippen LogP contribution in [0.15, 0.2) is 11.6 Å². The molecule has 2 aliphatic heterocycles. The molecule has 1 N–H and O–H groups in total. The van der Waals surface area contributed by atoms with Crippen LogP contribution in [0, 0.1) is 11.8 Å².